The number of amides is 1. The summed E-state index contributed by atoms with van der Waals surface area (Å²) in [6, 6.07) is 12.4. The van der Waals surface area contributed by atoms with Crippen molar-refractivity contribution in [1.82, 2.24) is 9.62 Å². The molecule has 0 radical (unpaired) electrons. The Morgan fingerprint density at radius 3 is 2.57 bits per heavy atom. The van der Waals surface area contributed by atoms with Gasteiger partial charge in [0.1, 0.15) is 5.75 Å². The van der Waals surface area contributed by atoms with E-state index >= 15 is 0 Å². The van der Waals surface area contributed by atoms with Crippen LogP contribution in [0.15, 0.2) is 51.8 Å². The first-order valence-electron chi connectivity index (χ1n) is 10.1. The third-order valence-electron chi connectivity index (χ3n) is 5.18. The number of hydrogen-bond donors (Lipinski definition) is 1. The van der Waals surface area contributed by atoms with Crippen LogP contribution in [0, 0.1) is 6.92 Å². The molecule has 1 heterocycles. The van der Waals surface area contributed by atoms with Gasteiger partial charge in [-0.25, -0.2) is 8.42 Å². The molecule has 0 saturated carbocycles. The van der Waals surface area contributed by atoms with Crippen molar-refractivity contribution in [2.24, 2.45) is 0 Å². The molecule has 0 aromatic heterocycles. The SMILES string of the molecule is Cc1cc(S(=O)(=O)N2CCCCC2)ccc1OCC(=O)N[C@H](C)c1cccc(Br)c1. The fourth-order valence-electron chi connectivity index (χ4n) is 3.48. The first-order valence-corrected chi connectivity index (χ1v) is 12.3. The molecule has 30 heavy (non-hydrogen) atoms. The van der Waals surface area contributed by atoms with E-state index in [-0.39, 0.29) is 23.5 Å². The number of rotatable bonds is 7. The van der Waals surface area contributed by atoms with Gasteiger partial charge < -0.3 is 10.1 Å². The highest BCUT2D eigenvalue weighted by atomic mass is 79.9. The van der Waals surface area contributed by atoms with Gasteiger partial charge in [0.25, 0.3) is 5.91 Å². The smallest absolute Gasteiger partial charge is 0.258 e. The molecule has 1 atom stereocenters. The van der Waals surface area contributed by atoms with Gasteiger partial charge >= 0.3 is 0 Å². The zero-order valence-corrected chi connectivity index (χ0v) is 19.6. The van der Waals surface area contributed by atoms with Gasteiger partial charge in [-0.05, 0) is 68.1 Å². The summed E-state index contributed by atoms with van der Waals surface area (Å²) in [6.45, 7) is 4.68. The van der Waals surface area contributed by atoms with Crippen molar-refractivity contribution in [3.05, 3.63) is 58.1 Å². The van der Waals surface area contributed by atoms with Crippen LogP contribution in [-0.2, 0) is 14.8 Å². The lowest BCUT2D eigenvalue weighted by Crippen LogP contribution is -2.35. The van der Waals surface area contributed by atoms with Gasteiger partial charge in [0.2, 0.25) is 10.0 Å². The van der Waals surface area contributed by atoms with Crippen LogP contribution in [0.3, 0.4) is 0 Å². The molecule has 6 nitrogen and oxygen atoms in total. The number of ether oxygens (including phenoxy) is 1. The lowest BCUT2D eigenvalue weighted by molar-refractivity contribution is -0.123. The molecule has 1 fully saturated rings. The summed E-state index contributed by atoms with van der Waals surface area (Å²) in [4.78, 5) is 12.5. The highest BCUT2D eigenvalue weighted by Crippen LogP contribution is 2.26. The predicted molar refractivity (Wildman–Crippen MR) is 120 cm³/mol. The summed E-state index contributed by atoms with van der Waals surface area (Å²) in [5.74, 6) is 0.254. The minimum atomic E-state index is -3.49. The van der Waals surface area contributed by atoms with E-state index in [2.05, 4.69) is 21.2 Å². The molecule has 3 rings (SSSR count). The van der Waals surface area contributed by atoms with E-state index < -0.39 is 10.0 Å². The van der Waals surface area contributed by atoms with E-state index in [1.165, 1.54) is 0 Å². The molecule has 0 spiro atoms. The minimum Gasteiger partial charge on any atom is -0.484 e. The largest absolute Gasteiger partial charge is 0.484 e. The third kappa shape index (κ3) is 5.62. The summed E-state index contributed by atoms with van der Waals surface area (Å²) in [7, 11) is -3.49. The average molecular weight is 495 g/mol. The topological polar surface area (TPSA) is 75.7 Å². The molecule has 1 aliphatic rings. The Labute approximate surface area is 186 Å². The van der Waals surface area contributed by atoms with Gasteiger partial charge in [-0.1, -0.05) is 34.5 Å². The number of hydrogen-bond acceptors (Lipinski definition) is 4. The second-order valence-electron chi connectivity index (χ2n) is 7.52. The van der Waals surface area contributed by atoms with Crippen LogP contribution in [0.2, 0.25) is 0 Å². The Balaban J connectivity index is 1.60. The third-order valence-corrected chi connectivity index (χ3v) is 7.57. The van der Waals surface area contributed by atoms with Crippen LogP contribution in [0.1, 0.15) is 43.4 Å². The number of nitrogens with one attached hydrogen (secondary N) is 1. The zero-order valence-electron chi connectivity index (χ0n) is 17.2. The van der Waals surface area contributed by atoms with Crippen LogP contribution >= 0.6 is 15.9 Å². The molecular formula is C22H27BrN2O4S. The maximum absolute atomic E-state index is 12.8. The molecule has 8 heteroatoms. The number of sulfonamides is 1. The van der Waals surface area contributed by atoms with Crippen LogP contribution in [0.25, 0.3) is 0 Å². The van der Waals surface area contributed by atoms with E-state index in [1.54, 1.807) is 29.4 Å². The Kier molecular flexibility index (Phi) is 7.55. The normalized spacial score (nSPS) is 16.1. The molecule has 162 valence electrons. The predicted octanol–water partition coefficient (Wildman–Crippen LogP) is 4.19. The van der Waals surface area contributed by atoms with Crippen molar-refractivity contribution in [2.45, 2.75) is 44.0 Å². The first-order chi connectivity index (χ1) is 14.3. The molecule has 0 bridgehead atoms. The highest BCUT2D eigenvalue weighted by molar-refractivity contribution is 9.10. The van der Waals surface area contributed by atoms with Crippen LogP contribution < -0.4 is 10.1 Å². The summed E-state index contributed by atoms with van der Waals surface area (Å²) < 4.78 is 33.8. The van der Waals surface area contributed by atoms with E-state index in [0.29, 0.717) is 24.4 Å². The van der Waals surface area contributed by atoms with Gasteiger partial charge in [-0.3, -0.25) is 4.79 Å². The maximum atomic E-state index is 12.8. The van der Waals surface area contributed by atoms with Crippen molar-refractivity contribution in [3.8, 4) is 5.75 Å². The highest BCUT2D eigenvalue weighted by Gasteiger charge is 2.26. The Bertz CT molecular complexity index is 1000. The van der Waals surface area contributed by atoms with Crippen LogP contribution in [-0.4, -0.2) is 38.3 Å². The van der Waals surface area contributed by atoms with Gasteiger partial charge in [0.05, 0.1) is 10.9 Å². The van der Waals surface area contributed by atoms with E-state index in [4.69, 9.17) is 4.74 Å². The Morgan fingerprint density at radius 1 is 1.17 bits per heavy atom. The standard InChI is InChI=1S/C22H27BrN2O4S/c1-16-13-20(30(27,28)25-11-4-3-5-12-25)9-10-21(16)29-15-22(26)24-17(2)18-7-6-8-19(23)14-18/h6-10,13-14,17H,3-5,11-12,15H2,1-2H3,(H,24,26)/t17-/m1/s1. The van der Waals surface area contributed by atoms with E-state index in [1.807, 2.05) is 31.2 Å². The molecule has 2 aromatic carbocycles. The molecule has 2 aromatic rings. The second kappa shape index (κ2) is 9.94. The number of halogens is 1. The summed E-state index contributed by atoms with van der Waals surface area (Å²) >= 11 is 3.43. The minimum absolute atomic E-state index is 0.141. The van der Waals surface area contributed by atoms with Crippen molar-refractivity contribution in [1.29, 1.82) is 0 Å². The molecule has 0 unspecified atom stereocenters. The van der Waals surface area contributed by atoms with Gasteiger partial charge in [-0.15, -0.1) is 0 Å². The lowest BCUT2D eigenvalue weighted by Gasteiger charge is -2.26. The number of piperidine rings is 1. The van der Waals surface area contributed by atoms with Crippen LogP contribution in [0.5, 0.6) is 5.75 Å². The quantitative estimate of drug-likeness (QED) is 0.625. The average Bonchev–Trinajstić information content (AvgIpc) is 2.73. The molecule has 1 amide bonds. The first kappa shape index (κ1) is 22.8. The number of carbonyl (C=O) groups excluding carboxylic acids is 1. The molecule has 1 N–H and O–H groups in total. The van der Waals surface area contributed by atoms with Crippen molar-refractivity contribution >= 4 is 31.9 Å². The molecule has 1 aliphatic heterocycles. The number of aryl methyl sites for hydroxylation is 1. The summed E-state index contributed by atoms with van der Waals surface area (Å²) in [5.41, 5.74) is 1.67. The van der Waals surface area contributed by atoms with Crippen molar-refractivity contribution in [2.75, 3.05) is 19.7 Å². The van der Waals surface area contributed by atoms with Gasteiger partial charge in [0.15, 0.2) is 6.61 Å². The van der Waals surface area contributed by atoms with E-state index in [0.717, 1.165) is 29.3 Å². The lowest BCUT2D eigenvalue weighted by atomic mass is 10.1. The zero-order chi connectivity index (χ0) is 21.7. The fraction of sp³-hybridized carbons (Fsp3) is 0.409. The number of nitrogens with zero attached hydrogens (tertiary/aromatic N) is 1. The van der Waals surface area contributed by atoms with E-state index in [9.17, 15) is 13.2 Å². The van der Waals surface area contributed by atoms with Crippen molar-refractivity contribution < 1.29 is 17.9 Å². The van der Waals surface area contributed by atoms with Crippen LogP contribution in [0.4, 0.5) is 0 Å². The number of carbonyl (C=O) groups is 1. The number of benzene rings is 2. The molecular weight excluding hydrogens is 468 g/mol. The Morgan fingerprint density at radius 2 is 1.90 bits per heavy atom. The van der Waals surface area contributed by atoms with Gasteiger partial charge in [-0.2, -0.15) is 4.31 Å². The maximum Gasteiger partial charge on any atom is 0.258 e. The monoisotopic (exact) mass is 494 g/mol. The Hall–Kier alpha value is -1.90. The van der Waals surface area contributed by atoms with Crippen molar-refractivity contribution in [3.63, 3.8) is 0 Å². The molecule has 1 saturated heterocycles. The fourth-order valence-corrected chi connectivity index (χ4v) is 5.50. The second-order valence-corrected chi connectivity index (χ2v) is 10.4. The summed E-state index contributed by atoms with van der Waals surface area (Å²) in [5, 5.41) is 2.90. The van der Waals surface area contributed by atoms with Gasteiger partial charge in [0, 0.05) is 17.6 Å². The molecule has 0 aliphatic carbocycles. The summed E-state index contributed by atoms with van der Waals surface area (Å²) in [6.07, 6.45) is 2.86.